The third kappa shape index (κ3) is 3.66. The normalized spacial score (nSPS) is 12.8. The standard InChI is InChI=1S/C19H19N3O4/c1-2-9-20-17(23)18(24)21-14-8-7-13-5-3-10-22(15(13)12-14)19(25)16-6-4-11-26-16/h2,4,6-8,11-12H,1,3,5,9-10H2,(H,20,23)(H,21,24). The van der Waals surface area contributed by atoms with Crippen molar-refractivity contribution in [3.63, 3.8) is 0 Å². The zero-order valence-corrected chi connectivity index (χ0v) is 14.2. The van der Waals surface area contributed by atoms with Crippen molar-refractivity contribution >= 4 is 29.1 Å². The zero-order valence-electron chi connectivity index (χ0n) is 14.2. The number of carbonyl (C=O) groups excluding carboxylic acids is 3. The average Bonchev–Trinajstić information content (AvgIpc) is 3.19. The summed E-state index contributed by atoms with van der Waals surface area (Å²) in [7, 11) is 0. The Morgan fingerprint density at radius 3 is 2.81 bits per heavy atom. The number of hydrogen-bond acceptors (Lipinski definition) is 4. The molecule has 2 heterocycles. The van der Waals surface area contributed by atoms with E-state index in [1.807, 2.05) is 6.07 Å². The highest BCUT2D eigenvalue weighted by atomic mass is 16.3. The van der Waals surface area contributed by atoms with Crippen molar-refractivity contribution in [2.24, 2.45) is 0 Å². The Bertz CT molecular complexity index is 842. The van der Waals surface area contributed by atoms with Gasteiger partial charge < -0.3 is 20.0 Å². The molecule has 2 N–H and O–H groups in total. The summed E-state index contributed by atoms with van der Waals surface area (Å²) >= 11 is 0. The number of benzene rings is 1. The van der Waals surface area contributed by atoms with Crippen LogP contribution in [0.3, 0.4) is 0 Å². The van der Waals surface area contributed by atoms with Gasteiger partial charge in [0.25, 0.3) is 5.91 Å². The Balaban J connectivity index is 1.80. The van der Waals surface area contributed by atoms with Gasteiger partial charge in [-0.1, -0.05) is 12.1 Å². The van der Waals surface area contributed by atoms with Crippen LogP contribution in [0.2, 0.25) is 0 Å². The highest BCUT2D eigenvalue weighted by Crippen LogP contribution is 2.31. The highest BCUT2D eigenvalue weighted by Gasteiger charge is 2.26. The molecule has 0 spiro atoms. The second-order valence-corrected chi connectivity index (χ2v) is 5.83. The van der Waals surface area contributed by atoms with E-state index < -0.39 is 11.8 Å². The van der Waals surface area contributed by atoms with Gasteiger partial charge in [-0.25, -0.2) is 0 Å². The number of carbonyl (C=O) groups is 3. The summed E-state index contributed by atoms with van der Waals surface area (Å²) in [5.41, 5.74) is 2.16. The topological polar surface area (TPSA) is 91.7 Å². The Hall–Kier alpha value is -3.35. The molecule has 3 amide bonds. The summed E-state index contributed by atoms with van der Waals surface area (Å²) in [6, 6.07) is 8.56. The number of fused-ring (bicyclic) bond motifs is 1. The molecular weight excluding hydrogens is 334 g/mol. The van der Waals surface area contributed by atoms with Crippen LogP contribution < -0.4 is 15.5 Å². The predicted octanol–water partition coefficient (Wildman–Crippen LogP) is 2.11. The minimum Gasteiger partial charge on any atom is -0.459 e. The monoisotopic (exact) mass is 353 g/mol. The fraction of sp³-hybridized carbons (Fsp3) is 0.211. The lowest BCUT2D eigenvalue weighted by Crippen LogP contribution is -2.36. The maximum atomic E-state index is 12.7. The SMILES string of the molecule is C=CCNC(=O)C(=O)Nc1ccc2c(c1)N(C(=O)c1ccco1)CCC2. The molecular formula is C19H19N3O4. The molecule has 7 heteroatoms. The van der Waals surface area contributed by atoms with Crippen LogP contribution in [0, 0.1) is 0 Å². The Labute approximate surface area is 150 Å². The summed E-state index contributed by atoms with van der Waals surface area (Å²) < 4.78 is 5.21. The lowest BCUT2D eigenvalue weighted by atomic mass is 10.0. The van der Waals surface area contributed by atoms with Gasteiger partial charge in [-0.2, -0.15) is 0 Å². The smallest absolute Gasteiger partial charge is 0.313 e. The molecule has 1 aliphatic heterocycles. The van der Waals surface area contributed by atoms with Gasteiger partial charge in [0.05, 0.1) is 6.26 Å². The van der Waals surface area contributed by atoms with Gasteiger partial charge in [-0.05, 0) is 42.7 Å². The number of anilines is 2. The number of furan rings is 1. The van der Waals surface area contributed by atoms with Gasteiger partial charge in [0.1, 0.15) is 0 Å². The molecule has 1 aromatic heterocycles. The predicted molar refractivity (Wildman–Crippen MR) is 97.0 cm³/mol. The molecule has 26 heavy (non-hydrogen) atoms. The lowest BCUT2D eigenvalue weighted by Gasteiger charge is -2.29. The van der Waals surface area contributed by atoms with Gasteiger partial charge in [-0.15, -0.1) is 6.58 Å². The first-order chi connectivity index (χ1) is 12.6. The fourth-order valence-electron chi connectivity index (χ4n) is 2.83. The first-order valence-corrected chi connectivity index (χ1v) is 8.28. The number of amides is 3. The maximum absolute atomic E-state index is 12.7. The molecule has 7 nitrogen and oxygen atoms in total. The zero-order chi connectivity index (χ0) is 18.5. The van der Waals surface area contributed by atoms with Crippen molar-refractivity contribution in [2.45, 2.75) is 12.8 Å². The largest absolute Gasteiger partial charge is 0.459 e. The summed E-state index contributed by atoms with van der Waals surface area (Å²) in [5, 5.41) is 4.96. The minimum absolute atomic E-state index is 0.210. The molecule has 1 aliphatic rings. The van der Waals surface area contributed by atoms with Crippen LogP contribution in [-0.4, -0.2) is 30.8 Å². The van der Waals surface area contributed by atoms with Crippen molar-refractivity contribution in [3.8, 4) is 0 Å². The van der Waals surface area contributed by atoms with Gasteiger partial charge in [-0.3, -0.25) is 14.4 Å². The van der Waals surface area contributed by atoms with E-state index in [1.165, 1.54) is 12.3 Å². The molecule has 134 valence electrons. The van der Waals surface area contributed by atoms with Gasteiger partial charge in [0, 0.05) is 24.5 Å². The van der Waals surface area contributed by atoms with E-state index in [9.17, 15) is 14.4 Å². The van der Waals surface area contributed by atoms with Crippen LogP contribution >= 0.6 is 0 Å². The molecule has 0 unspecified atom stereocenters. The lowest BCUT2D eigenvalue weighted by molar-refractivity contribution is -0.136. The third-order valence-electron chi connectivity index (χ3n) is 4.05. The second kappa shape index (κ2) is 7.69. The molecule has 0 fully saturated rings. The fourth-order valence-corrected chi connectivity index (χ4v) is 2.83. The molecule has 0 aliphatic carbocycles. The number of nitrogens with one attached hydrogen (secondary N) is 2. The third-order valence-corrected chi connectivity index (χ3v) is 4.05. The van der Waals surface area contributed by atoms with Crippen LogP contribution in [0.15, 0.2) is 53.7 Å². The molecule has 0 saturated carbocycles. The molecule has 0 bridgehead atoms. The average molecular weight is 353 g/mol. The number of nitrogens with zero attached hydrogens (tertiary/aromatic N) is 1. The summed E-state index contributed by atoms with van der Waals surface area (Å²) in [5.74, 6) is -1.49. The summed E-state index contributed by atoms with van der Waals surface area (Å²) in [6.45, 7) is 4.25. The van der Waals surface area contributed by atoms with Gasteiger partial charge >= 0.3 is 11.8 Å². The van der Waals surface area contributed by atoms with Crippen molar-refractivity contribution in [2.75, 3.05) is 23.3 Å². The van der Waals surface area contributed by atoms with E-state index in [0.29, 0.717) is 17.9 Å². The number of hydrogen-bond donors (Lipinski definition) is 2. The van der Waals surface area contributed by atoms with Crippen molar-refractivity contribution in [1.29, 1.82) is 0 Å². The number of aryl methyl sites for hydroxylation is 1. The van der Waals surface area contributed by atoms with E-state index >= 15 is 0 Å². The van der Waals surface area contributed by atoms with Crippen molar-refractivity contribution in [3.05, 3.63) is 60.6 Å². The first-order valence-electron chi connectivity index (χ1n) is 8.28. The molecule has 0 atom stereocenters. The minimum atomic E-state index is -0.772. The first kappa shape index (κ1) is 17.5. The van der Waals surface area contributed by atoms with E-state index in [4.69, 9.17) is 4.42 Å². The van der Waals surface area contributed by atoms with E-state index in [-0.39, 0.29) is 18.2 Å². The second-order valence-electron chi connectivity index (χ2n) is 5.83. The van der Waals surface area contributed by atoms with Crippen LogP contribution in [0.4, 0.5) is 11.4 Å². The Morgan fingerprint density at radius 2 is 2.08 bits per heavy atom. The van der Waals surface area contributed by atoms with Crippen molar-refractivity contribution < 1.29 is 18.8 Å². The Kier molecular flexibility index (Phi) is 5.17. The number of rotatable bonds is 4. The van der Waals surface area contributed by atoms with Crippen LogP contribution in [0.25, 0.3) is 0 Å². The summed E-state index contributed by atoms with van der Waals surface area (Å²) in [6.07, 6.45) is 4.62. The highest BCUT2D eigenvalue weighted by molar-refractivity contribution is 6.39. The van der Waals surface area contributed by atoms with Crippen LogP contribution in [0.5, 0.6) is 0 Å². The molecule has 1 aromatic carbocycles. The molecule has 0 saturated heterocycles. The van der Waals surface area contributed by atoms with Crippen LogP contribution in [-0.2, 0) is 16.0 Å². The quantitative estimate of drug-likeness (QED) is 0.650. The van der Waals surface area contributed by atoms with E-state index in [0.717, 1.165) is 18.4 Å². The molecule has 0 radical (unpaired) electrons. The van der Waals surface area contributed by atoms with Gasteiger partial charge in [0.2, 0.25) is 0 Å². The van der Waals surface area contributed by atoms with Gasteiger partial charge in [0.15, 0.2) is 5.76 Å². The Morgan fingerprint density at radius 1 is 1.23 bits per heavy atom. The molecule has 2 aromatic rings. The molecule has 3 rings (SSSR count). The van der Waals surface area contributed by atoms with Crippen molar-refractivity contribution in [1.82, 2.24) is 5.32 Å². The maximum Gasteiger partial charge on any atom is 0.313 e. The van der Waals surface area contributed by atoms with E-state index in [1.54, 1.807) is 29.2 Å². The van der Waals surface area contributed by atoms with Crippen LogP contribution in [0.1, 0.15) is 22.5 Å². The summed E-state index contributed by atoms with van der Waals surface area (Å²) in [4.78, 5) is 37.9. The van der Waals surface area contributed by atoms with E-state index in [2.05, 4.69) is 17.2 Å².